The number of aliphatic hydroxyl groups is 1. The van der Waals surface area contributed by atoms with Crippen molar-refractivity contribution in [3.63, 3.8) is 0 Å². The van der Waals surface area contributed by atoms with Gasteiger partial charge in [0.2, 0.25) is 23.6 Å². The Kier molecular flexibility index (Phi) is 23.6. The fourth-order valence-electron chi connectivity index (χ4n) is 8.06. The number of aliphatic carboxylic acids is 3. The summed E-state index contributed by atoms with van der Waals surface area (Å²) in [5.41, 5.74) is 12.0. The fraction of sp³-hybridized carbons (Fsp3) is 0.636. The number of urea groups is 2. The number of primary amides is 1. The van der Waals surface area contributed by atoms with Crippen molar-refractivity contribution in [2.75, 3.05) is 32.8 Å². The van der Waals surface area contributed by atoms with Gasteiger partial charge in [0.15, 0.2) is 0 Å². The second kappa shape index (κ2) is 27.7. The van der Waals surface area contributed by atoms with Gasteiger partial charge in [-0.3, -0.25) is 28.8 Å². The molecule has 0 radical (unpaired) electrons. The smallest absolute Gasteiger partial charge is 0.326 e. The highest BCUT2D eigenvalue weighted by atomic mass is 28.4. The zero-order valence-electron chi connectivity index (χ0n) is 40.3. The molecule has 16 N–H and O–H groups in total. The molecule has 26 heteroatoms. The molecule has 6 atom stereocenters. The maximum atomic E-state index is 16.5. The van der Waals surface area contributed by atoms with E-state index in [0.29, 0.717) is 24.4 Å². The summed E-state index contributed by atoms with van der Waals surface area (Å²) in [6.45, 7) is 8.59. The van der Waals surface area contributed by atoms with Gasteiger partial charge in [0.25, 0.3) is 14.3 Å². The molecule has 0 saturated heterocycles. The van der Waals surface area contributed by atoms with Gasteiger partial charge in [-0.05, 0) is 72.9 Å². The van der Waals surface area contributed by atoms with Crippen LogP contribution < -0.4 is 59.2 Å². The van der Waals surface area contributed by atoms with E-state index in [1.54, 1.807) is 12.1 Å². The number of amides is 9. The Morgan fingerprint density at radius 3 is 1.93 bits per heavy atom. The second-order valence-electron chi connectivity index (χ2n) is 18.7. The molecule has 1 unspecified atom stereocenters. The SMILES string of the molecule is CC(C)(C)[Si]1(F)c2ccc(C(=O)NC[C@H](NC(=O)[C@@H](N)CCNC(N)=O)C(=O)NCCCCCC(=O)NCCC[C@@H](NC(=O)CC[C@H](NC(=O)N[C@H](CO)CCC(=O)O)C(=O)O)C(=O)O)cc2C1(C)C. The summed E-state index contributed by atoms with van der Waals surface area (Å²) >= 11 is 0. The van der Waals surface area contributed by atoms with Crippen LogP contribution in [0.3, 0.4) is 0 Å². The molecule has 0 fully saturated rings. The highest BCUT2D eigenvalue weighted by molar-refractivity contribution is 6.95. The average molecular weight is 1010 g/mol. The minimum Gasteiger partial charge on any atom is -0.481 e. The van der Waals surface area contributed by atoms with Gasteiger partial charge in [0, 0.05) is 56.0 Å². The zero-order valence-corrected chi connectivity index (χ0v) is 41.3. The molecule has 0 saturated carbocycles. The number of nitrogens with two attached hydrogens (primary N) is 2. The first kappa shape index (κ1) is 59.7. The monoisotopic (exact) mass is 1010 g/mol. The molecule has 0 aromatic heterocycles. The summed E-state index contributed by atoms with van der Waals surface area (Å²) in [4.78, 5) is 122. The first-order chi connectivity index (χ1) is 32.7. The number of benzene rings is 1. The van der Waals surface area contributed by atoms with Crippen molar-refractivity contribution in [2.45, 2.75) is 146 Å². The highest BCUT2D eigenvalue weighted by Gasteiger charge is 2.67. The average Bonchev–Trinajstić information content (AvgIpc) is 3.28. The Bertz CT molecular complexity index is 2060. The maximum Gasteiger partial charge on any atom is 0.326 e. The lowest BCUT2D eigenvalue weighted by Gasteiger charge is -2.56. The zero-order chi connectivity index (χ0) is 53.0. The predicted molar refractivity (Wildman–Crippen MR) is 253 cm³/mol. The molecule has 1 heterocycles. The molecule has 1 aromatic carbocycles. The minimum absolute atomic E-state index is 0.00131. The van der Waals surface area contributed by atoms with Crippen molar-refractivity contribution in [1.82, 2.24) is 42.5 Å². The maximum absolute atomic E-state index is 16.5. The summed E-state index contributed by atoms with van der Waals surface area (Å²) in [5.74, 6) is -7.08. The first-order valence-corrected chi connectivity index (χ1v) is 24.9. The van der Waals surface area contributed by atoms with E-state index in [1.807, 2.05) is 34.6 Å². The lowest BCUT2D eigenvalue weighted by molar-refractivity contribution is -0.142. The van der Waals surface area contributed by atoms with Crippen molar-refractivity contribution in [3.05, 3.63) is 29.3 Å². The van der Waals surface area contributed by atoms with Crippen LogP contribution in [0.4, 0.5) is 13.7 Å². The standard InChI is InChI=1S/C44H71FN10O14Si/c1-43(2,3)70(45)32-15-12-25(22-27(32)44(70,4)5)36(61)51-23-31(54-37(62)28(46)18-21-50-41(47)68)38(63)49-19-8-6-7-11-33(57)48-20-9-10-29(39(64)65)53-34(58)16-14-30(40(66)67)55-42(69)52-26(24-56)13-17-35(59)60/h12,15,22,26,28-31,56H,6-11,13-14,16-21,23-24,46H2,1-5H3,(H,48,57)(H,49,63)(H,51,61)(H,53,58)(H,54,62)(H,59,60)(H,64,65)(H,66,67)(H3,47,50,68)(H2,52,55,69)/t26-,28-,29+,30-,31-,70?/m0/s1. The molecule has 0 aliphatic carbocycles. The van der Waals surface area contributed by atoms with Crippen LogP contribution in [0.25, 0.3) is 0 Å². The van der Waals surface area contributed by atoms with Crippen LogP contribution in [-0.2, 0) is 38.6 Å². The van der Waals surface area contributed by atoms with Gasteiger partial charge in [-0.15, -0.1) is 0 Å². The quantitative estimate of drug-likeness (QED) is 0.0240. The molecule has 0 spiro atoms. The van der Waals surface area contributed by atoms with E-state index in [0.717, 1.165) is 5.56 Å². The van der Waals surface area contributed by atoms with E-state index in [-0.39, 0.29) is 76.2 Å². The predicted octanol–water partition coefficient (Wildman–Crippen LogP) is -1.06. The summed E-state index contributed by atoms with van der Waals surface area (Å²) < 4.78 is 16.5. The molecule has 0 bridgehead atoms. The summed E-state index contributed by atoms with van der Waals surface area (Å²) in [7, 11) is -3.41. The van der Waals surface area contributed by atoms with E-state index in [2.05, 4.69) is 42.5 Å². The molecule has 392 valence electrons. The van der Waals surface area contributed by atoms with Gasteiger partial charge in [0.05, 0.1) is 18.7 Å². The van der Waals surface area contributed by atoms with Crippen LogP contribution in [0, 0.1) is 0 Å². The van der Waals surface area contributed by atoms with Gasteiger partial charge in [-0.25, -0.2) is 19.2 Å². The lowest BCUT2D eigenvalue weighted by Crippen LogP contribution is -2.74. The van der Waals surface area contributed by atoms with Crippen molar-refractivity contribution >= 4 is 73.1 Å². The summed E-state index contributed by atoms with van der Waals surface area (Å²) in [6, 6.07) is -3.29. The topological polar surface area (TPSA) is 400 Å². The van der Waals surface area contributed by atoms with Crippen molar-refractivity contribution in [3.8, 4) is 0 Å². The van der Waals surface area contributed by atoms with Crippen molar-refractivity contribution in [2.24, 2.45) is 11.5 Å². The molecular weight excluding hydrogens is 940 g/mol. The fourth-order valence-corrected chi connectivity index (χ4v) is 12.9. The lowest BCUT2D eigenvalue weighted by atomic mass is 9.97. The van der Waals surface area contributed by atoms with Gasteiger partial charge in [-0.1, -0.05) is 47.1 Å². The van der Waals surface area contributed by atoms with Gasteiger partial charge < -0.3 is 78.5 Å². The molecule has 9 amide bonds. The Balaban J connectivity index is 1.83. The third-order valence-electron chi connectivity index (χ3n) is 11.9. The molecule has 1 aromatic rings. The number of nitrogens with one attached hydrogen (secondary N) is 8. The molecule has 24 nitrogen and oxygen atoms in total. The number of hydrogen-bond donors (Lipinski definition) is 14. The normalized spacial score (nSPS) is 16.7. The number of carboxylic acid groups (broad SMARTS) is 3. The van der Waals surface area contributed by atoms with Gasteiger partial charge >= 0.3 is 30.0 Å². The van der Waals surface area contributed by atoms with Crippen molar-refractivity contribution < 1.29 is 72.5 Å². The number of carbonyl (C=O) groups excluding carboxylic acids is 7. The third kappa shape index (κ3) is 18.2. The Morgan fingerprint density at radius 1 is 0.686 bits per heavy atom. The van der Waals surface area contributed by atoms with Crippen LogP contribution in [0.2, 0.25) is 5.04 Å². The van der Waals surface area contributed by atoms with Gasteiger partial charge in [0.1, 0.15) is 18.1 Å². The van der Waals surface area contributed by atoms with Crippen LogP contribution in [0.5, 0.6) is 0 Å². The number of fused-ring (bicyclic) bond motifs is 1. The largest absolute Gasteiger partial charge is 0.481 e. The molecule has 70 heavy (non-hydrogen) atoms. The number of carboxylic acids is 3. The minimum atomic E-state index is -3.41. The Labute approximate surface area is 406 Å². The number of unbranched alkanes of at least 4 members (excludes halogenated alkanes) is 2. The van der Waals surface area contributed by atoms with Crippen LogP contribution >= 0.6 is 0 Å². The molecule has 1 aliphatic rings. The van der Waals surface area contributed by atoms with Gasteiger partial charge in [-0.2, -0.15) is 0 Å². The second-order valence-corrected chi connectivity index (χ2v) is 23.3. The van der Waals surface area contributed by atoms with Crippen molar-refractivity contribution in [1.29, 1.82) is 0 Å². The van der Waals surface area contributed by atoms with E-state index in [4.69, 9.17) is 16.6 Å². The van der Waals surface area contributed by atoms with E-state index >= 15 is 4.11 Å². The van der Waals surface area contributed by atoms with E-state index in [9.17, 15) is 63.3 Å². The summed E-state index contributed by atoms with van der Waals surface area (Å²) in [5, 5.41) is 56.1. The molecule has 2 rings (SSSR count). The number of aliphatic hydroxyl groups excluding tert-OH is 1. The van der Waals surface area contributed by atoms with Crippen LogP contribution in [-0.4, -0.2) is 151 Å². The first-order valence-electron chi connectivity index (χ1n) is 23.1. The van der Waals surface area contributed by atoms with Crippen LogP contribution in [0.1, 0.15) is 121 Å². The van der Waals surface area contributed by atoms with E-state index in [1.165, 1.54) is 6.07 Å². The van der Waals surface area contributed by atoms with E-state index < -0.39 is 122 Å². The number of hydrogen-bond acceptors (Lipinski definition) is 12. The number of carbonyl (C=O) groups is 10. The number of halogens is 1. The molecule has 1 aliphatic heterocycles. The molecular formula is C44H71FN10O14Si. The third-order valence-corrected chi connectivity index (χ3v) is 17.2. The summed E-state index contributed by atoms with van der Waals surface area (Å²) in [6.07, 6.45) is 0.131. The Morgan fingerprint density at radius 2 is 1.33 bits per heavy atom. The highest BCUT2D eigenvalue weighted by Crippen LogP contribution is 2.55. The number of rotatable bonds is 31. The van der Waals surface area contributed by atoms with Crippen LogP contribution in [0.15, 0.2) is 18.2 Å². The Hall–Kier alpha value is -6.41.